The quantitative estimate of drug-likeness (QED) is 0.495. The van der Waals surface area contributed by atoms with Crippen molar-refractivity contribution in [3.8, 4) is 11.8 Å². The molecule has 0 bridgehead atoms. The smallest absolute Gasteiger partial charge is 0.323 e. The summed E-state index contributed by atoms with van der Waals surface area (Å²) >= 11 is 0. The van der Waals surface area contributed by atoms with Gasteiger partial charge in [0.15, 0.2) is 0 Å². The Hall–Kier alpha value is -4.64. The summed E-state index contributed by atoms with van der Waals surface area (Å²) in [5.41, 5.74) is 2.73. The molecule has 166 valence electrons. The zero-order chi connectivity index (χ0) is 24.0. The van der Waals surface area contributed by atoms with Gasteiger partial charge in [-0.2, -0.15) is 5.26 Å². The van der Waals surface area contributed by atoms with Gasteiger partial charge >= 0.3 is 5.97 Å². The zero-order valence-electron chi connectivity index (χ0n) is 18.0. The van der Waals surface area contributed by atoms with Crippen molar-refractivity contribution in [2.24, 2.45) is 0 Å². The molecular weight excluding hydrogens is 422 g/mol. The maximum Gasteiger partial charge on any atom is 0.323 e. The molecule has 1 aliphatic rings. The average molecular weight is 443 g/mol. The highest BCUT2D eigenvalue weighted by molar-refractivity contribution is 6.19. The Labute approximate surface area is 190 Å². The van der Waals surface area contributed by atoms with Crippen LogP contribution in [0.5, 0.6) is 5.75 Å². The number of methoxy groups -OCH3 is 1. The van der Waals surface area contributed by atoms with Gasteiger partial charge in [0, 0.05) is 16.9 Å². The topological polar surface area (TPSA) is 120 Å². The number of aliphatic carboxylic acids is 1. The maximum absolute atomic E-state index is 12.6. The minimum atomic E-state index is -1.34. The monoisotopic (exact) mass is 443 g/mol. The number of carbonyl (C=O) groups excluding carboxylic acids is 2. The molecule has 0 unspecified atom stereocenters. The molecule has 0 fully saturated rings. The minimum Gasteiger partial charge on any atom is -0.497 e. The van der Waals surface area contributed by atoms with Crippen molar-refractivity contribution < 1.29 is 24.2 Å². The largest absolute Gasteiger partial charge is 0.497 e. The second-order valence-corrected chi connectivity index (χ2v) is 7.12. The first-order valence-electron chi connectivity index (χ1n) is 9.93. The second kappa shape index (κ2) is 10.1. The van der Waals surface area contributed by atoms with Gasteiger partial charge in [-0.1, -0.05) is 24.3 Å². The Kier molecular flexibility index (Phi) is 7.06. The summed E-state index contributed by atoms with van der Waals surface area (Å²) in [6.07, 6.45) is 4.85. The Morgan fingerprint density at radius 1 is 1.09 bits per heavy atom. The van der Waals surface area contributed by atoms with Crippen molar-refractivity contribution in [2.75, 3.05) is 19.0 Å². The Morgan fingerprint density at radius 3 is 2.24 bits per heavy atom. The first kappa shape index (κ1) is 23.0. The minimum absolute atomic E-state index is 0.0986. The highest BCUT2D eigenvalue weighted by atomic mass is 16.5. The van der Waals surface area contributed by atoms with Crippen LogP contribution in [-0.2, 0) is 14.4 Å². The summed E-state index contributed by atoms with van der Waals surface area (Å²) in [6.45, 7) is 0.686. The molecule has 8 nitrogen and oxygen atoms in total. The molecule has 2 N–H and O–H groups in total. The van der Waals surface area contributed by atoms with Crippen LogP contribution >= 0.6 is 0 Å². The van der Waals surface area contributed by atoms with Gasteiger partial charge < -0.3 is 15.2 Å². The average Bonchev–Trinajstić information content (AvgIpc) is 2.81. The number of benzene rings is 2. The van der Waals surface area contributed by atoms with E-state index in [2.05, 4.69) is 5.32 Å². The summed E-state index contributed by atoms with van der Waals surface area (Å²) in [5, 5.41) is 21.5. The number of anilines is 2. The van der Waals surface area contributed by atoms with E-state index in [0.717, 1.165) is 22.7 Å². The van der Waals surface area contributed by atoms with Crippen molar-refractivity contribution in [1.82, 2.24) is 4.90 Å². The number of carboxylic acids is 1. The Balaban J connectivity index is 1.76. The fourth-order valence-electron chi connectivity index (χ4n) is 3.21. The van der Waals surface area contributed by atoms with Gasteiger partial charge in [-0.15, -0.1) is 0 Å². The van der Waals surface area contributed by atoms with E-state index in [1.807, 2.05) is 48.5 Å². The molecule has 1 aliphatic heterocycles. The van der Waals surface area contributed by atoms with Gasteiger partial charge in [-0.05, 0) is 60.5 Å². The number of carbonyl (C=O) groups is 3. The first-order chi connectivity index (χ1) is 15.8. The normalized spacial score (nSPS) is 15.2. The molecular formula is C25H21N3O5. The molecule has 0 saturated heterocycles. The molecule has 1 heterocycles. The fourth-order valence-corrected chi connectivity index (χ4v) is 3.21. The highest BCUT2D eigenvalue weighted by Crippen LogP contribution is 2.25. The highest BCUT2D eigenvalue weighted by Gasteiger charge is 2.36. The lowest BCUT2D eigenvalue weighted by molar-refractivity contribution is -0.149. The standard InChI is InChI=1S/C25H21N3O5/c1-16-21(24(31)28(15-23(29)30)25(32)22(16)14-26)5-3-4-17-6-8-18(9-7-17)27-19-10-12-20(33-2)13-11-19/h3-13,27H,15H2,1-2H3,(H,29,30)/b4-3+,21-5-. The Morgan fingerprint density at radius 2 is 1.70 bits per heavy atom. The van der Waals surface area contributed by atoms with Gasteiger partial charge in [0.1, 0.15) is 23.9 Å². The lowest BCUT2D eigenvalue weighted by Crippen LogP contribution is -2.45. The number of imide groups is 1. The molecule has 0 saturated carbocycles. The molecule has 0 atom stereocenters. The summed E-state index contributed by atoms with van der Waals surface area (Å²) in [4.78, 5) is 36.5. The first-order valence-corrected chi connectivity index (χ1v) is 9.93. The van der Waals surface area contributed by atoms with Crippen LogP contribution in [0.25, 0.3) is 6.08 Å². The number of carboxylic acid groups (broad SMARTS) is 1. The van der Waals surface area contributed by atoms with Crippen molar-refractivity contribution in [1.29, 1.82) is 5.26 Å². The van der Waals surface area contributed by atoms with Crippen LogP contribution in [0.4, 0.5) is 11.4 Å². The van der Waals surface area contributed by atoms with E-state index in [1.54, 1.807) is 25.3 Å². The number of hydrogen-bond donors (Lipinski definition) is 2. The number of nitriles is 1. The van der Waals surface area contributed by atoms with Crippen LogP contribution in [0.3, 0.4) is 0 Å². The van der Waals surface area contributed by atoms with E-state index in [9.17, 15) is 19.6 Å². The fraction of sp³-hybridized carbons (Fsp3) is 0.120. The number of amides is 2. The van der Waals surface area contributed by atoms with E-state index in [0.29, 0.717) is 4.90 Å². The van der Waals surface area contributed by atoms with E-state index in [1.165, 1.54) is 13.0 Å². The van der Waals surface area contributed by atoms with Gasteiger partial charge in [0.05, 0.1) is 7.11 Å². The lowest BCUT2D eigenvalue weighted by atomic mass is 9.95. The van der Waals surface area contributed by atoms with Crippen molar-refractivity contribution in [3.05, 3.63) is 83.0 Å². The van der Waals surface area contributed by atoms with Crippen molar-refractivity contribution in [2.45, 2.75) is 6.92 Å². The third-order valence-corrected chi connectivity index (χ3v) is 4.96. The number of hydrogen-bond acceptors (Lipinski definition) is 6. The third-order valence-electron chi connectivity index (χ3n) is 4.96. The zero-order valence-corrected chi connectivity index (χ0v) is 18.0. The van der Waals surface area contributed by atoms with Crippen LogP contribution in [0.1, 0.15) is 12.5 Å². The molecule has 8 heteroatoms. The molecule has 2 aromatic carbocycles. The van der Waals surface area contributed by atoms with Gasteiger partial charge in [-0.3, -0.25) is 19.3 Å². The maximum atomic E-state index is 12.6. The van der Waals surface area contributed by atoms with E-state index in [4.69, 9.17) is 9.84 Å². The van der Waals surface area contributed by atoms with Crippen molar-refractivity contribution in [3.63, 3.8) is 0 Å². The van der Waals surface area contributed by atoms with E-state index < -0.39 is 24.3 Å². The number of ether oxygens (including phenoxy) is 1. The van der Waals surface area contributed by atoms with E-state index >= 15 is 0 Å². The predicted octanol–water partition coefficient (Wildman–Crippen LogP) is 3.67. The van der Waals surface area contributed by atoms with Crippen molar-refractivity contribution >= 4 is 35.2 Å². The van der Waals surface area contributed by atoms with Gasteiger partial charge in [-0.25, -0.2) is 0 Å². The number of nitrogens with one attached hydrogen (secondary N) is 1. The van der Waals surface area contributed by atoms with Crippen LogP contribution in [0.15, 0.2) is 77.4 Å². The predicted molar refractivity (Wildman–Crippen MR) is 123 cm³/mol. The molecule has 0 aromatic heterocycles. The molecule has 3 rings (SSSR count). The van der Waals surface area contributed by atoms with E-state index in [-0.39, 0.29) is 16.7 Å². The molecule has 0 spiro atoms. The molecule has 2 amide bonds. The van der Waals surface area contributed by atoms with Gasteiger partial charge in [0.25, 0.3) is 11.8 Å². The van der Waals surface area contributed by atoms with Crippen LogP contribution < -0.4 is 10.1 Å². The number of nitrogens with zero attached hydrogens (tertiary/aromatic N) is 2. The summed E-state index contributed by atoms with van der Waals surface area (Å²) < 4.78 is 5.14. The third kappa shape index (κ3) is 5.35. The SMILES string of the molecule is COc1ccc(Nc2ccc(/C=C/C=C3\C(=O)N(CC(=O)O)C(=O)C(C#N)=C3C)cc2)cc1. The van der Waals surface area contributed by atoms with Crippen LogP contribution in [-0.4, -0.2) is 41.4 Å². The van der Waals surface area contributed by atoms with Crippen LogP contribution in [0.2, 0.25) is 0 Å². The Bertz CT molecular complexity index is 1220. The lowest BCUT2D eigenvalue weighted by Gasteiger charge is -2.25. The second-order valence-electron chi connectivity index (χ2n) is 7.12. The molecule has 2 aromatic rings. The number of allylic oxidation sites excluding steroid dienone is 2. The summed E-state index contributed by atoms with van der Waals surface area (Å²) in [6, 6.07) is 16.9. The van der Waals surface area contributed by atoms with Crippen LogP contribution in [0, 0.1) is 11.3 Å². The molecule has 0 aliphatic carbocycles. The number of rotatable bonds is 7. The summed E-state index contributed by atoms with van der Waals surface area (Å²) in [5.74, 6) is -2.22. The summed E-state index contributed by atoms with van der Waals surface area (Å²) in [7, 11) is 1.61. The van der Waals surface area contributed by atoms with Gasteiger partial charge in [0.2, 0.25) is 0 Å². The molecule has 33 heavy (non-hydrogen) atoms. The molecule has 0 radical (unpaired) electrons.